The van der Waals surface area contributed by atoms with E-state index in [1.807, 2.05) is 13.8 Å². The summed E-state index contributed by atoms with van der Waals surface area (Å²) in [6, 6.07) is 4.22. The minimum absolute atomic E-state index is 0.0467. The Hall–Kier alpha value is -1.62. The Morgan fingerprint density at radius 1 is 1.33 bits per heavy atom. The second kappa shape index (κ2) is 8.62. The lowest BCUT2D eigenvalue weighted by Crippen LogP contribution is -2.36. The van der Waals surface area contributed by atoms with Crippen LogP contribution in [0.5, 0.6) is 5.75 Å². The van der Waals surface area contributed by atoms with Gasteiger partial charge in [-0.3, -0.25) is 4.79 Å². The van der Waals surface area contributed by atoms with Gasteiger partial charge in [0.05, 0.1) is 18.3 Å². The first-order chi connectivity index (χ1) is 10.0. The zero-order valence-corrected chi connectivity index (χ0v) is 12.9. The summed E-state index contributed by atoms with van der Waals surface area (Å²) in [4.78, 5) is 12.1. The molecule has 0 aliphatic rings. The van der Waals surface area contributed by atoms with Crippen LogP contribution in [0.1, 0.15) is 44.0 Å². The molecule has 0 aliphatic carbocycles. The van der Waals surface area contributed by atoms with Gasteiger partial charge in [-0.05, 0) is 25.0 Å². The second-order valence-corrected chi connectivity index (χ2v) is 4.90. The number of hydrogen-bond donors (Lipinski definition) is 2. The van der Waals surface area contributed by atoms with E-state index in [1.54, 1.807) is 6.92 Å². The number of halogens is 1. The molecule has 0 aliphatic heterocycles. The minimum Gasteiger partial charge on any atom is -0.490 e. The Kier molecular flexibility index (Phi) is 7.15. The van der Waals surface area contributed by atoms with Crippen molar-refractivity contribution in [3.05, 3.63) is 29.6 Å². The van der Waals surface area contributed by atoms with Crippen molar-refractivity contribution in [1.29, 1.82) is 0 Å². The van der Waals surface area contributed by atoms with Gasteiger partial charge in [-0.15, -0.1) is 0 Å². The Morgan fingerprint density at radius 3 is 2.57 bits per heavy atom. The van der Waals surface area contributed by atoms with Crippen LogP contribution in [0, 0.1) is 11.7 Å². The van der Waals surface area contributed by atoms with Crippen LogP contribution in [0.4, 0.5) is 4.39 Å². The summed E-state index contributed by atoms with van der Waals surface area (Å²) in [5, 5.41) is 12.7. The lowest BCUT2D eigenvalue weighted by molar-refractivity contribution is 0.0813. The third-order valence-corrected chi connectivity index (χ3v) is 3.56. The van der Waals surface area contributed by atoms with Crippen LogP contribution in [0.15, 0.2) is 18.2 Å². The van der Waals surface area contributed by atoms with Gasteiger partial charge >= 0.3 is 0 Å². The van der Waals surface area contributed by atoms with Crippen LogP contribution in [0.2, 0.25) is 0 Å². The van der Waals surface area contributed by atoms with Gasteiger partial charge in [0.2, 0.25) is 0 Å². The average Bonchev–Trinajstić information content (AvgIpc) is 2.48. The Labute approximate surface area is 125 Å². The molecule has 2 N–H and O–H groups in total. The van der Waals surface area contributed by atoms with Gasteiger partial charge in [-0.25, -0.2) is 4.39 Å². The summed E-state index contributed by atoms with van der Waals surface area (Å²) in [5.74, 6) is -0.910. The molecule has 1 aromatic rings. The van der Waals surface area contributed by atoms with E-state index in [-0.39, 0.29) is 30.4 Å². The van der Waals surface area contributed by atoms with Crippen molar-refractivity contribution < 1.29 is 19.0 Å². The molecule has 0 radical (unpaired) electrons. The zero-order chi connectivity index (χ0) is 15.8. The maximum absolute atomic E-state index is 13.7. The topological polar surface area (TPSA) is 58.6 Å². The summed E-state index contributed by atoms with van der Waals surface area (Å²) >= 11 is 0. The molecule has 1 amide bonds. The van der Waals surface area contributed by atoms with E-state index < -0.39 is 17.8 Å². The normalized spacial score (nSPS) is 12.3. The molecule has 1 rings (SSSR count). The number of nitrogens with one attached hydrogen (secondary N) is 1. The Morgan fingerprint density at radius 2 is 2.00 bits per heavy atom. The molecule has 0 saturated carbocycles. The molecule has 0 spiro atoms. The van der Waals surface area contributed by atoms with Gasteiger partial charge in [-0.1, -0.05) is 32.8 Å². The number of rotatable bonds is 8. The molecule has 1 unspecified atom stereocenters. The molecule has 118 valence electrons. The van der Waals surface area contributed by atoms with Crippen molar-refractivity contribution in [1.82, 2.24) is 5.32 Å². The predicted octanol–water partition coefficient (Wildman–Crippen LogP) is 2.75. The van der Waals surface area contributed by atoms with E-state index in [1.165, 1.54) is 18.2 Å². The van der Waals surface area contributed by atoms with Crippen molar-refractivity contribution in [3.63, 3.8) is 0 Å². The number of hydrogen-bond acceptors (Lipinski definition) is 3. The predicted molar refractivity (Wildman–Crippen MR) is 80.0 cm³/mol. The smallest absolute Gasteiger partial charge is 0.255 e. The van der Waals surface area contributed by atoms with E-state index in [2.05, 4.69) is 5.32 Å². The number of aliphatic hydroxyl groups excluding tert-OH is 1. The van der Waals surface area contributed by atoms with Gasteiger partial charge in [0.15, 0.2) is 11.6 Å². The van der Waals surface area contributed by atoms with Crippen molar-refractivity contribution in [2.24, 2.45) is 5.92 Å². The summed E-state index contributed by atoms with van der Waals surface area (Å²) < 4.78 is 18.9. The molecular weight excluding hydrogens is 273 g/mol. The quantitative estimate of drug-likeness (QED) is 0.775. The van der Waals surface area contributed by atoms with E-state index in [9.17, 15) is 14.3 Å². The maximum Gasteiger partial charge on any atom is 0.255 e. The molecule has 0 saturated heterocycles. The lowest BCUT2D eigenvalue weighted by atomic mass is 9.96. The van der Waals surface area contributed by atoms with Crippen LogP contribution in [0.3, 0.4) is 0 Å². The van der Waals surface area contributed by atoms with Gasteiger partial charge in [0.25, 0.3) is 5.91 Å². The fourth-order valence-electron chi connectivity index (χ4n) is 2.27. The first-order valence-corrected chi connectivity index (χ1v) is 7.42. The number of benzene rings is 1. The van der Waals surface area contributed by atoms with Crippen LogP contribution in [0.25, 0.3) is 0 Å². The van der Waals surface area contributed by atoms with Crippen molar-refractivity contribution >= 4 is 5.91 Å². The van der Waals surface area contributed by atoms with Gasteiger partial charge < -0.3 is 15.2 Å². The summed E-state index contributed by atoms with van der Waals surface area (Å²) in [6.07, 6.45) is 1.09. The minimum atomic E-state index is -0.604. The summed E-state index contributed by atoms with van der Waals surface area (Å²) in [7, 11) is 0. The van der Waals surface area contributed by atoms with E-state index >= 15 is 0 Å². The number of carbonyl (C=O) groups excluding carboxylic acids is 1. The number of carbonyl (C=O) groups is 1. The molecule has 0 bridgehead atoms. The average molecular weight is 297 g/mol. The molecule has 1 atom stereocenters. The van der Waals surface area contributed by atoms with Gasteiger partial charge in [0.1, 0.15) is 0 Å². The Bertz CT molecular complexity index is 461. The van der Waals surface area contributed by atoms with Crippen LogP contribution < -0.4 is 10.1 Å². The van der Waals surface area contributed by atoms with Gasteiger partial charge in [-0.2, -0.15) is 0 Å². The third-order valence-electron chi connectivity index (χ3n) is 3.56. The number of aliphatic hydroxyl groups is 1. The van der Waals surface area contributed by atoms with Gasteiger partial charge in [0, 0.05) is 6.54 Å². The highest BCUT2D eigenvalue weighted by atomic mass is 19.1. The van der Waals surface area contributed by atoms with Crippen LogP contribution in [-0.4, -0.2) is 30.3 Å². The van der Waals surface area contributed by atoms with E-state index in [4.69, 9.17) is 4.74 Å². The molecule has 21 heavy (non-hydrogen) atoms. The highest BCUT2D eigenvalue weighted by Crippen LogP contribution is 2.22. The van der Waals surface area contributed by atoms with E-state index in [0.29, 0.717) is 0 Å². The first kappa shape index (κ1) is 17.4. The summed E-state index contributed by atoms with van der Waals surface area (Å²) in [6.45, 7) is 6.15. The van der Waals surface area contributed by atoms with Crippen LogP contribution in [-0.2, 0) is 0 Å². The highest BCUT2D eigenvalue weighted by Gasteiger charge is 2.19. The largest absolute Gasteiger partial charge is 0.490 e. The molecule has 1 aromatic carbocycles. The first-order valence-electron chi connectivity index (χ1n) is 7.42. The van der Waals surface area contributed by atoms with Crippen molar-refractivity contribution in [2.75, 3.05) is 13.2 Å². The third kappa shape index (κ3) is 4.70. The number of para-hydroxylation sites is 1. The maximum atomic E-state index is 13.7. The fraction of sp³-hybridized carbons (Fsp3) is 0.562. The molecule has 4 nitrogen and oxygen atoms in total. The summed E-state index contributed by atoms with van der Waals surface area (Å²) in [5.41, 5.74) is 0.147. The lowest BCUT2D eigenvalue weighted by Gasteiger charge is -2.20. The standard InChI is InChI=1S/C16H24FNO3/c1-4-11(5-2)14(19)10-18-16(20)12-8-7-9-13(17)15(12)21-6-3/h7-9,11,14,19H,4-6,10H2,1-3H3,(H,18,20). The van der Waals surface area contributed by atoms with Crippen molar-refractivity contribution in [2.45, 2.75) is 39.7 Å². The highest BCUT2D eigenvalue weighted by molar-refractivity contribution is 5.97. The fourth-order valence-corrected chi connectivity index (χ4v) is 2.27. The SMILES string of the molecule is CCOc1c(F)cccc1C(=O)NCC(O)C(CC)CC. The Balaban J connectivity index is 2.74. The van der Waals surface area contributed by atoms with Crippen molar-refractivity contribution in [3.8, 4) is 5.75 Å². The van der Waals surface area contributed by atoms with Crippen LogP contribution >= 0.6 is 0 Å². The second-order valence-electron chi connectivity index (χ2n) is 4.90. The number of ether oxygens (including phenoxy) is 1. The zero-order valence-electron chi connectivity index (χ0n) is 12.9. The molecule has 0 aromatic heterocycles. The monoisotopic (exact) mass is 297 g/mol. The molecule has 0 heterocycles. The van der Waals surface area contributed by atoms with E-state index in [0.717, 1.165) is 12.8 Å². The molecule has 0 fully saturated rings. The molecule has 5 heteroatoms. The molecular formula is C16H24FNO3. The number of amides is 1.